The highest BCUT2D eigenvalue weighted by Crippen LogP contribution is 2.28. The van der Waals surface area contributed by atoms with Crippen molar-refractivity contribution >= 4 is 17.7 Å². The molecule has 1 fully saturated rings. The van der Waals surface area contributed by atoms with Crippen LogP contribution in [0.5, 0.6) is 5.88 Å². The van der Waals surface area contributed by atoms with Crippen molar-refractivity contribution in [1.82, 2.24) is 20.2 Å². The van der Waals surface area contributed by atoms with E-state index in [9.17, 15) is 9.59 Å². The highest BCUT2D eigenvalue weighted by atomic mass is 16.5. The molecule has 0 bridgehead atoms. The normalized spacial score (nSPS) is 19.8. The molecule has 0 radical (unpaired) electrons. The van der Waals surface area contributed by atoms with Crippen LogP contribution in [-0.2, 0) is 27.3 Å². The molecule has 9 nitrogen and oxygen atoms in total. The molecule has 4 heterocycles. The topological polar surface area (TPSA) is 106 Å². The summed E-state index contributed by atoms with van der Waals surface area (Å²) < 4.78 is 10.4. The smallest absolute Gasteiger partial charge is 0.306 e. The van der Waals surface area contributed by atoms with E-state index in [2.05, 4.69) is 34.7 Å². The van der Waals surface area contributed by atoms with E-state index in [1.165, 1.54) is 5.56 Å². The summed E-state index contributed by atoms with van der Waals surface area (Å²) in [5, 5.41) is 6.80. The van der Waals surface area contributed by atoms with E-state index in [1.54, 1.807) is 13.3 Å². The Morgan fingerprint density at radius 2 is 2.16 bits per heavy atom. The number of amides is 1. The van der Waals surface area contributed by atoms with Gasteiger partial charge in [-0.05, 0) is 69.1 Å². The van der Waals surface area contributed by atoms with E-state index in [0.717, 1.165) is 55.7 Å². The molecule has 2 N–H and O–H groups in total. The van der Waals surface area contributed by atoms with Crippen LogP contribution in [0.3, 0.4) is 0 Å². The molecule has 2 aromatic heterocycles. The summed E-state index contributed by atoms with van der Waals surface area (Å²) in [4.78, 5) is 36.4. The number of fused-ring (bicyclic) bond motifs is 1. The quantitative estimate of drug-likeness (QED) is 0.419. The zero-order valence-electron chi connectivity index (χ0n) is 22.2. The standard InChI is InChI=1S/C28H39N5O4/c1-4-37-26(34)16-21(22-10-12-25(36-3)31-17-22)8-6-14-33-19(2)15-24(28(33)35)30-18-23-11-9-20-7-5-13-29-27(20)32-23/h9-12,17,19,21,24,30H,4-8,13-16,18H2,1-3H3,(H,29,32)/t19-,21+,24+/m1/s1. The fraction of sp³-hybridized carbons (Fsp3) is 0.571. The summed E-state index contributed by atoms with van der Waals surface area (Å²) in [7, 11) is 1.58. The summed E-state index contributed by atoms with van der Waals surface area (Å²) >= 11 is 0. The minimum Gasteiger partial charge on any atom is -0.481 e. The Kier molecular flexibility index (Phi) is 9.33. The molecule has 3 atom stereocenters. The lowest BCUT2D eigenvalue weighted by Gasteiger charge is -2.23. The van der Waals surface area contributed by atoms with E-state index in [-0.39, 0.29) is 36.3 Å². The summed E-state index contributed by atoms with van der Waals surface area (Å²) in [5.74, 6) is 1.40. The van der Waals surface area contributed by atoms with Gasteiger partial charge >= 0.3 is 5.97 Å². The van der Waals surface area contributed by atoms with Crippen LogP contribution in [0.15, 0.2) is 30.5 Å². The van der Waals surface area contributed by atoms with Crippen LogP contribution < -0.4 is 15.4 Å². The van der Waals surface area contributed by atoms with Crippen molar-refractivity contribution in [3.63, 3.8) is 0 Å². The van der Waals surface area contributed by atoms with Crippen molar-refractivity contribution < 1.29 is 19.1 Å². The monoisotopic (exact) mass is 509 g/mol. The number of methoxy groups -OCH3 is 1. The maximum atomic E-state index is 13.2. The molecular formula is C28H39N5O4. The number of anilines is 1. The third-order valence-electron chi connectivity index (χ3n) is 7.28. The first-order chi connectivity index (χ1) is 18.0. The largest absolute Gasteiger partial charge is 0.481 e. The Morgan fingerprint density at radius 1 is 1.30 bits per heavy atom. The minimum absolute atomic E-state index is 0.0249. The predicted molar refractivity (Wildman–Crippen MR) is 141 cm³/mol. The third-order valence-corrected chi connectivity index (χ3v) is 7.28. The second kappa shape index (κ2) is 12.9. The SMILES string of the molecule is CCOC(=O)C[C@H](CCCN1C(=O)[C@@H](NCc2ccc3c(n2)NCCC3)C[C@H]1C)c1ccc(OC)nc1. The van der Waals surface area contributed by atoms with Gasteiger partial charge in [-0.2, -0.15) is 0 Å². The molecule has 0 saturated carbocycles. The molecule has 0 spiro atoms. The number of nitrogens with zero attached hydrogens (tertiary/aromatic N) is 3. The van der Waals surface area contributed by atoms with Crippen molar-refractivity contribution in [3.05, 3.63) is 47.3 Å². The molecule has 200 valence electrons. The number of hydrogen-bond donors (Lipinski definition) is 2. The lowest BCUT2D eigenvalue weighted by Crippen LogP contribution is -2.39. The van der Waals surface area contributed by atoms with Crippen LogP contribution >= 0.6 is 0 Å². The number of ether oxygens (including phenoxy) is 2. The Morgan fingerprint density at radius 3 is 2.92 bits per heavy atom. The van der Waals surface area contributed by atoms with E-state index in [4.69, 9.17) is 14.5 Å². The molecule has 9 heteroatoms. The molecule has 2 aromatic rings. The number of pyridine rings is 2. The zero-order chi connectivity index (χ0) is 26.2. The van der Waals surface area contributed by atoms with Crippen molar-refractivity contribution in [3.8, 4) is 5.88 Å². The Bertz CT molecular complexity index is 1060. The van der Waals surface area contributed by atoms with Crippen molar-refractivity contribution in [1.29, 1.82) is 0 Å². The summed E-state index contributed by atoms with van der Waals surface area (Å²) in [6, 6.07) is 7.91. The first-order valence-electron chi connectivity index (χ1n) is 13.4. The number of carbonyl (C=O) groups is 2. The fourth-order valence-electron chi connectivity index (χ4n) is 5.25. The predicted octanol–water partition coefficient (Wildman–Crippen LogP) is 3.44. The highest BCUT2D eigenvalue weighted by molar-refractivity contribution is 5.84. The average Bonchev–Trinajstić information content (AvgIpc) is 3.19. The van der Waals surface area contributed by atoms with Crippen LogP contribution in [0.2, 0.25) is 0 Å². The fourth-order valence-corrected chi connectivity index (χ4v) is 5.25. The first kappa shape index (κ1) is 26.9. The zero-order valence-corrected chi connectivity index (χ0v) is 22.2. The highest BCUT2D eigenvalue weighted by Gasteiger charge is 2.36. The van der Waals surface area contributed by atoms with Gasteiger partial charge in [-0.25, -0.2) is 9.97 Å². The summed E-state index contributed by atoms with van der Waals surface area (Å²) in [5.41, 5.74) is 3.18. The lowest BCUT2D eigenvalue weighted by atomic mass is 9.92. The van der Waals surface area contributed by atoms with Gasteiger partial charge in [0, 0.05) is 37.9 Å². The van der Waals surface area contributed by atoms with Gasteiger partial charge in [-0.1, -0.05) is 12.1 Å². The Labute approximate surface area is 219 Å². The number of aryl methyl sites for hydroxylation is 1. The van der Waals surface area contributed by atoms with Crippen molar-refractivity contribution in [2.24, 2.45) is 0 Å². The van der Waals surface area contributed by atoms with Crippen LogP contribution in [0.1, 0.15) is 68.7 Å². The molecule has 1 saturated heterocycles. The van der Waals surface area contributed by atoms with Crippen LogP contribution in [0, 0.1) is 0 Å². The second-order valence-electron chi connectivity index (χ2n) is 9.87. The van der Waals surface area contributed by atoms with E-state index >= 15 is 0 Å². The molecule has 0 aromatic carbocycles. The number of esters is 1. The average molecular weight is 510 g/mol. The minimum atomic E-state index is -0.218. The summed E-state index contributed by atoms with van der Waals surface area (Å²) in [6.07, 6.45) is 6.57. The van der Waals surface area contributed by atoms with E-state index < -0.39 is 0 Å². The summed E-state index contributed by atoms with van der Waals surface area (Å²) in [6.45, 7) is 6.45. The molecule has 2 aliphatic heterocycles. The molecule has 37 heavy (non-hydrogen) atoms. The Hall–Kier alpha value is -3.20. The number of carbonyl (C=O) groups excluding carboxylic acids is 2. The lowest BCUT2D eigenvalue weighted by molar-refractivity contribution is -0.143. The van der Waals surface area contributed by atoms with Crippen LogP contribution in [0.4, 0.5) is 5.82 Å². The van der Waals surface area contributed by atoms with Gasteiger partial charge in [-0.3, -0.25) is 9.59 Å². The van der Waals surface area contributed by atoms with Gasteiger partial charge in [-0.15, -0.1) is 0 Å². The first-order valence-corrected chi connectivity index (χ1v) is 13.4. The van der Waals surface area contributed by atoms with Crippen LogP contribution in [0.25, 0.3) is 0 Å². The van der Waals surface area contributed by atoms with Crippen molar-refractivity contribution in [2.75, 3.05) is 32.1 Å². The number of aromatic nitrogens is 2. The molecule has 4 rings (SSSR count). The molecular weight excluding hydrogens is 470 g/mol. The van der Waals surface area contributed by atoms with Gasteiger partial charge in [0.2, 0.25) is 11.8 Å². The van der Waals surface area contributed by atoms with Crippen LogP contribution in [-0.4, -0.2) is 65.6 Å². The number of likely N-dealkylation sites (tertiary alicyclic amines) is 1. The van der Waals surface area contributed by atoms with Gasteiger partial charge in [0.25, 0.3) is 0 Å². The maximum Gasteiger partial charge on any atom is 0.306 e. The second-order valence-corrected chi connectivity index (χ2v) is 9.87. The molecule has 0 unspecified atom stereocenters. The van der Waals surface area contributed by atoms with E-state index in [0.29, 0.717) is 25.6 Å². The number of rotatable bonds is 12. The van der Waals surface area contributed by atoms with Gasteiger partial charge in [0.1, 0.15) is 5.82 Å². The third kappa shape index (κ3) is 6.97. The van der Waals surface area contributed by atoms with Gasteiger partial charge in [0.15, 0.2) is 0 Å². The van der Waals surface area contributed by atoms with Gasteiger partial charge < -0.3 is 25.0 Å². The Balaban J connectivity index is 1.30. The number of nitrogens with one attached hydrogen (secondary N) is 2. The van der Waals surface area contributed by atoms with E-state index in [1.807, 2.05) is 24.0 Å². The number of hydrogen-bond acceptors (Lipinski definition) is 8. The maximum absolute atomic E-state index is 13.2. The van der Waals surface area contributed by atoms with Crippen molar-refractivity contribution in [2.45, 2.75) is 76.9 Å². The molecule has 0 aliphatic carbocycles. The molecule has 1 amide bonds. The van der Waals surface area contributed by atoms with Gasteiger partial charge in [0.05, 0.1) is 31.9 Å². The molecule has 2 aliphatic rings.